The predicted octanol–water partition coefficient (Wildman–Crippen LogP) is 3.72. The highest BCUT2D eigenvalue weighted by atomic mass is 79.9. The highest BCUT2D eigenvalue weighted by Crippen LogP contribution is 2.38. The lowest BCUT2D eigenvalue weighted by Crippen LogP contribution is -2.28. The molecule has 0 saturated carbocycles. The van der Waals surface area contributed by atoms with E-state index in [1.807, 2.05) is 25.1 Å². The van der Waals surface area contributed by atoms with E-state index in [1.54, 1.807) is 18.2 Å². The van der Waals surface area contributed by atoms with Gasteiger partial charge in [0.2, 0.25) is 5.91 Å². The summed E-state index contributed by atoms with van der Waals surface area (Å²) in [6.45, 7) is 3.92. The lowest BCUT2D eigenvalue weighted by molar-refractivity contribution is -0.116. The normalized spacial score (nSPS) is 13.6. The molecule has 0 spiro atoms. The lowest BCUT2D eigenvalue weighted by Gasteiger charge is -2.20. The minimum Gasteiger partial charge on any atom is -0.311 e. The van der Waals surface area contributed by atoms with Crippen molar-refractivity contribution in [2.45, 2.75) is 31.6 Å². The van der Waals surface area contributed by atoms with Crippen LogP contribution >= 0.6 is 15.9 Å². The number of carbonyl (C=O) groups is 1. The first kappa shape index (κ1) is 17.9. The Morgan fingerprint density at radius 2 is 2.00 bits per heavy atom. The maximum atomic E-state index is 13.1. The minimum absolute atomic E-state index is 0.121. The maximum absolute atomic E-state index is 13.1. The summed E-state index contributed by atoms with van der Waals surface area (Å²) in [5.41, 5.74) is 2.82. The predicted molar refractivity (Wildman–Crippen MR) is 103 cm³/mol. The maximum Gasteiger partial charge on any atom is 0.264 e. The van der Waals surface area contributed by atoms with E-state index in [9.17, 15) is 13.2 Å². The van der Waals surface area contributed by atoms with Gasteiger partial charge in [-0.25, -0.2) is 8.42 Å². The molecule has 0 radical (unpaired) electrons. The Bertz CT molecular complexity index is 941. The second-order valence-electron chi connectivity index (χ2n) is 5.95. The van der Waals surface area contributed by atoms with E-state index in [0.29, 0.717) is 28.8 Å². The molecule has 1 aliphatic heterocycles. The molecule has 1 amide bonds. The number of hydrogen-bond donors (Lipinski definition) is 1. The monoisotopic (exact) mass is 422 g/mol. The summed E-state index contributed by atoms with van der Waals surface area (Å²) in [5, 5.41) is 0. The van der Waals surface area contributed by atoms with Gasteiger partial charge in [0, 0.05) is 17.9 Å². The van der Waals surface area contributed by atoms with E-state index >= 15 is 0 Å². The van der Waals surface area contributed by atoms with Crippen LogP contribution in [0.15, 0.2) is 45.8 Å². The molecular weight excluding hydrogens is 404 g/mol. The number of hydrogen-bond acceptors (Lipinski definition) is 3. The van der Waals surface area contributed by atoms with Gasteiger partial charge in [-0.3, -0.25) is 9.52 Å². The summed E-state index contributed by atoms with van der Waals surface area (Å²) in [5.74, 6) is -0.161. The van der Waals surface area contributed by atoms with E-state index in [4.69, 9.17) is 0 Å². The second-order valence-corrected chi connectivity index (χ2v) is 8.52. The summed E-state index contributed by atoms with van der Waals surface area (Å²) < 4.78 is 29.5. The van der Waals surface area contributed by atoms with Gasteiger partial charge in [0.15, 0.2) is 0 Å². The van der Waals surface area contributed by atoms with E-state index in [-0.39, 0.29) is 10.8 Å². The van der Waals surface area contributed by atoms with Crippen LogP contribution in [0, 0.1) is 0 Å². The highest BCUT2D eigenvalue weighted by molar-refractivity contribution is 9.10. The fourth-order valence-corrected chi connectivity index (χ4v) is 5.15. The molecule has 2 aromatic carbocycles. The molecular formula is C18H19BrN2O3S. The van der Waals surface area contributed by atoms with Crippen molar-refractivity contribution in [3.63, 3.8) is 0 Å². The van der Waals surface area contributed by atoms with Gasteiger partial charge >= 0.3 is 0 Å². The fourth-order valence-electron chi connectivity index (χ4n) is 3.12. The first-order valence-electron chi connectivity index (χ1n) is 8.04. The third kappa shape index (κ3) is 3.43. The number of nitrogens with zero attached hydrogens (tertiary/aromatic N) is 1. The van der Waals surface area contributed by atoms with Gasteiger partial charge in [0.1, 0.15) is 4.90 Å². The Kier molecular flexibility index (Phi) is 4.88. The zero-order valence-corrected chi connectivity index (χ0v) is 16.4. The molecule has 132 valence electrons. The number of sulfonamides is 1. The molecule has 2 aromatic rings. The van der Waals surface area contributed by atoms with E-state index < -0.39 is 10.0 Å². The molecule has 0 saturated heterocycles. The van der Waals surface area contributed by atoms with Crippen LogP contribution in [0.1, 0.15) is 25.0 Å². The third-order valence-corrected chi connectivity index (χ3v) is 6.14. The minimum atomic E-state index is -3.83. The third-order valence-electron chi connectivity index (χ3n) is 4.31. The summed E-state index contributed by atoms with van der Waals surface area (Å²) >= 11 is 3.38. The molecule has 0 bridgehead atoms. The van der Waals surface area contributed by atoms with Gasteiger partial charge in [-0.15, -0.1) is 0 Å². The number of fused-ring (bicyclic) bond motifs is 1. The van der Waals surface area contributed by atoms with Crippen molar-refractivity contribution >= 4 is 43.2 Å². The SMILES string of the molecule is CCc1ccccc1NS(=O)(=O)c1cc(Br)cc2c1N(C(C)=O)CC2. The zero-order chi connectivity index (χ0) is 18.2. The molecule has 1 aliphatic rings. The summed E-state index contributed by atoms with van der Waals surface area (Å²) in [6, 6.07) is 10.7. The van der Waals surface area contributed by atoms with Crippen molar-refractivity contribution in [2.24, 2.45) is 0 Å². The summed E-state index contributed by atoms with van der Waals surface area (Å²) in [7, 11) is -3.83. The van der Waals surface area contributed by atoms with Crippen LogP contribution in [0.5, 0.6) is 0 Å². The van der Waals surface area contributed by atoms with Crippen molar-refractivity contribution in [1.29, 1.82) is 0 Å². The number of para-hydroxylation sites is 1. The van der Waals surface area contributed by atoms with Crippen molar-refractivity contribution in [1.82, 2.24) is 0 Å². The Morgan fingerprint density at radius 3 is 2.68 bits per heavy atom. The molecule has 7 heteroatoms. The lowest BCUT2D eigenvalue weighted by atomic mass is 10.1. The number of halogens is 1. The molecule has 0 aliphatic carbocycles. The molecule has 1 N–H and O–H groups in total. The van der Waals surface area contributed by atoms with Crippen LogP contribution in [0.4, 0.5) is 11.4 Å². The number of aryl methyl sites for hydroxylation is 1. The highest BCUT2D eigenvalue weighted by Gasteiger charge is 2.31. The number of carbonyl (C=O) groups excluding carboxylic acids is 1. The number of nitrogens with one attached hydrogen (secondary N) is 1. The average molecular weight is 423 g/mol. The Labute approximate surface area is 156 Å². The van der Waals surface area contributed by atoms with Crippen LogP contribution in [-0.4, -0.2) is 20.9 Å². The molecule has 0 atom stereocenters. The van der Waals surface area contributed by atoms with Crippen molar-refractivity contribution in [3.05, 3.63) is 52.0 Å². The second kappa shape index (κ2) is 6.80. The quantitative estimate of drug-likeness (QED) is 0.815. The standard InChI is InChI=1S/C18H19BrN2O3S/c1-3-13-6-4-5-7-16(13)20-25(23,24)17-11-15(19)10-14-8-9-21(12(2)22)18(14)17/h4-7,10-11,20H,3,8-9H2,1-2H3. The van der Waals surface area contributed by atoms with Crippen molar-refractivity contribution in [3.8, 4) is 0 Å². The fraction of sp³-hybridized carbons (Fsp3) is 0.278. The van der Waals surface area contributed by atoms with E-state index in [2.05, 4.69) is 20.7 Å². The van der Waals surface area contributed by atoms with Crippen molar-refractivity contribution in [2.75, 3.05) is 16.2 Å². The molecule has 0 fully saturated rings. The first-order chi connectivity index (χ1) is 11.8. The van der Waals surface area contributed by atoms with Gasteiger partial charge < -0.3 is 4.90 Å². The number of rotatable bonds is 4. The first-order valence-corrected chi connectivity index (χ1v) is 10.3. The average Bonchev–Trinajstić information content (AvgIpc) is 2.98. The molecule has 0 aromatic heterocycles. The van der Waals surface area contributed by atoms with Gasteiger partial charge in [0.25, 0.3) is 10.0 Å². The van der Waals surface area contributed by atoms with Gasteiger partial charge in [0.05, 0.1) is 11.4 Å². The van der Waals surface area contributed by atoms with Gasteiger partial charge in [-0.2, -0.15) is 0 Å². The molecule has 0 unspecified atom stereocenters. The van der Waals surface area contributed by atoms with Crippen LogP contribution in [-0.2, 0) is 27.7 Å². The van der Waals surface area contributed by atoms with Crippen LogP contribution in [0.25, 0.3) is 0 Å². The number of benzene rings is 2. The molecule has 5 nitrogen and oxygen atoms in total. The summed E-state index contributed by atoms with van der Waals surface area (Å²) in [4.78, 5) is 13.6. The van der Waals surface area contributed by atoms with Crippen LogP contribution in [0.2, 0.25) is 0 Å². The van der Waals surface area contributed by atoms with Gasteiger partial charge in [-0.05, 0) is 42.2 Å². The topological polar surface area (TPSA) is 66.5 Å². The van der Waals surface area contributed by atoms with Gasteiger partial charge in [-0.1, -0.05) is 41.1 Å². The zero-order valence-electron chi connectivity index (χ0n) is 14.0. The molecule has 3 rings (SSSR count). The molecule has 25 heavy (non-hydrogen) atoms. The van der Waals surface area contributed by atoms with Crippen LogP contribution in [0.3, 0.4) is 0 Å². The number of anilines is 2. The van der Waals surface area contributed by atoms with Crippen LogP contribution < -0.4 is 9.62 Å². The largest absolute Gasteiger partial charge is 0.311 e. The number of amides is 1. The smallest absolute Gasteiger partial charge is 0.264 e. The van der Waals surface area contributed by atoms with E-state index in [0.717, 1.165) is 17.5 Å². The summed E-state index contributed by atoms with van der Waals surface area (Å²) in [6.07, 6.45) is 1.36. The Hall–Kier alpha value is -1.86. The van der Waals surface area contributed by atoms with E-state index in [1.165, 1.54) is 11.8 Å². The molecule has 1 heterocycles. The Morgan fingerprint density at radius 1 is 1.28 bits per heavy atom. The van der Waals surface area contributed by atoms with Crippen molar-refractivity contribution < 1.29 is 13.2 Å². The Balaban J connectivity index is 2.11.